The smallest absolute Gasteiger partial charge is 0.252 e. The van der Waals surface area contributed by atoms with E-state index in [1.165, 1.54) is 0 Å². The van der Waals surface area contributed by atoms with E-state index in [0.29, 0.717) is 35.8 Å². The van der Waals surface area contributed by atoms with Crippen molar-refractivity contribution in [1.29, 1.82) is 0 Å². The molecule has 2 N–H and O–H groups in total. The Morgan fingerprint density at radius 2 is 1.84 bits per heavy atom. The number of nitrogens with two attached hydrogens (primary N) is 1. The molecule has 7 heteroatoms. The Morgan fingerprint density at radius 1 is 1.16 bits per heavy atom. The van der Waals surface area contributed by atoms with Crippen LogP contribution in [-0.4, -0.2) is 34.5 Å². The minimum Gasteiger partial charge on any atom is -0.493 e. The highest BCUT2D eigenvalue weighted by Crippen LogP contribution is 2.32. The third-order valence-electron chi connectivity index (χ3n) is 4.46. The standard InChI is InChI=1S/C18H22N4O3/c1-11-17(18(19)23)12(2)22(20-11)8-7-21-6-5-13-9-15(24-3)16(25-4)10-14(13)21/h5-6,9-10H,7-8H2,1-4H3,(H2,19,23). The molecule has 0 aliphatic carbocycles. The molecule has 1 amide bonds. The lowest BCUT2D eigenvalue weighted by molar-refractivity contribution is 0.0999. The molecule has 0 aliphatic heterocycles. The normalized spacial score (nSPS) is 11.0. The lowest BCUT2D eigenvalue weighted by Gasteiger charge is -2.11. The van der Waals surface area contributed by atoms with Crippen molar-refractivity contribution in [3.05, 3.63) is 41.3 Å². The number of aryl methyl sites for hydroxylation is 3. The number of methoxy groups -OCH3 is 2. The van der Waals surface area contributed by atoms with Crippen molar-refractivity contribution in [2.45, 2.75) is 26.9 Å². The molecule has 0 aliphatic rings. The van der Waals surface area contributed by atoms with Crippen LogP contribution in [0, 0.1) is 13.8 Å². The predicted octanol–water partition coefficient (Wildman–Crippen LogP) is 2.27. The summed E-state index contributed by atoms with van der Waals surface area (Å²) >= 11 is 0. The largest absolute Gasteiger partial charge is 0.493 e. The molecule has 7 nitrogen and oxygen atoms in total. The van der Waals surface area contributed by atoms with Gasteiger partial charge in [0.2, 0.25) is 0 Å². The van der Waals surface area contributed by atoms with E-state index < -0.39 is 5.91 Å². The molecule has 25 heavy (non-hydrogen) atoms. The number of ether oxygens (including phenoxy) is 2. The van der Waals surface area contributed by atoms with E-state index in [2.05, 4.69) is 9.67 Å². The molecule has 2 heterocycles. The first-order valence-corrected chi connectivity index (χ1v) is 8.01. The molecule has 132 valence electrons. The molecular formula is C18H22N4O3. The van der Waals surface area contributed by atoms with Crippen LogP contribution in [0.4, 0.5) is 0 Å². The number of carbonyl (C=O) groups is 1. The molecule has 2 aromatic heterocycles. The van der Waals surface area contributed by atoms with E-state index in [1.807, 2.05) is 36.0 Å². The van der Waals surface area contributed by atoms with Crippen molar-refractivity contribution in [1.82, 2.24) is 14.3 Å². The second kappa shape index (κ2) is 6.51. The Labute approximate surface area is 145 Å². The summed E-state index contributed by atoms with van der Waals surface area (Å²) in [5.41, 5.74) is 8.44. The lowest BCUT2D eigenvalue weighted by Crippen LogP contribution is -2.14. The first-order chi connectivity index (χ1) is 12.0. The van der Waals surface area contributed by atoms with E-state index in [9.17, 15) is 4.79 Å². The number of primary amides is 1. The minimum absolute atomic E-state index is 0.440. The van der Waals surface area contributed by atoms with E-state index in [-0.39, 0.29) is 0 Å². The van der Waals surface area contributed by atoms with E-state index in [4.69, 9.17) is 15.2 Å². The molecule has 3 aromatic rings. The molecular weight excluding hydrogens is 320 g/mol. The van der Waals surface area contributed by atoms with Gasteiger partial charge in [-0.1, -0.05) is 0 Å². The Balaban J connectivity index is 1.89. The fourth-order valence-electron chi connectivity index (χ4n) is 3.19. The van der Waals surface area contributed by atoms with Crippen LogP contribution >= 0.6 is 0 Å². The zero-order valence-electron chi connectivity index (χ0n) is 14.9. The van der Waals surface area contributed by atoms with Gasteiger partial charge in [-0.2, -0.15) is 5.10 Å². The molecule has 0 atom stereocenters. The highest BCUT2D eigenvalue weighted by atomic mass is 16.5. The average molecular weight is 342 g/mol. The Bertz CT molecular complexity index is 940. The fraction of sp³-hybridized carbons (Fsp3) is 0.333. The topological polar surface area (TPSA) is 84.3 Å². The van der Waals surface area contributed by atoms with Crippen LogP contribution in [0.1, 0.15) is 21.7 Å². The summed E-state index contributed by atoms with van der Waals surface area (Å²) in [4.78, 5) is 11.5. The van der Waals surface area contributed by atoms with Crippen LogP contribution in [0.5, 0.6) is 11.5 Å². The second-order valence-corrected chi connectivity index (χ2v) is 5.91. The number of carbonyl (C=O) groups excluding carboxylic acids is 1. The zero-order valence-corrected chi connectivity index (χ0v) is 14.9. The Hall–Kier alpha value is -2.96. The van der Waals surface area contributed by atoms with Gasteiger partial charge in [-0.3, -0.25) is 9.48 Å². The summed E-state index contributed by atoms with van der Waals surface area (Å²) in [6.45, 7) is 5.00. The summed E-state index contributed by atoms with van der Waals surface area (Å²) in [6, 6.07) is 5.96. The van der Waals surface area contributed by atoms with Gasteiger partial charge in [-0.25, -0.2) is 0 Å². The van der Waals surface area contributed by atoms with Crippen LogP contribution < -0.4 is 15.2 Å². The maximum atomic E-state index is 11.5. The van der Waals surface area contributed by atoms with Crippen molar-refractivity contribution in [2.75, 3.05) is 14.2 Å². The number of nitrogens with zero attached hydrogens (tertiary/aromatic N) is 3. The van der Waals surface area contributed by atoms with Gasteiger partial charge in [-0.15, -0.1) is 0 Å². The number of amides is 1. The van der Waals surface area contributed by atoms with Gasteiger partial charge in [0, 0.05) is 29.9 Å². The molecule has 0 bridgehead atoms. The van der Waals surface area contributed by atoms with Crippen molar-refractivity contribution >= 4 is 16.8 Å². The molecule has 3 rings (SSSR count). The summed E-state index contributed by atoms with van der Waals surface area (Å²) in [6.07, 6.45) is 2.02. The van der Waals surface area contributed by atoms with Crippen molar-refractivity contribution in [3.8, 4) is 11.5 Å². The van der Waals surface area contributed by atoms with Gasteiger partial charge in [0.1, 0.15) is 0 Å². The molecule has 0 saturated carbocycles. The van der Waals surface area contributed by atoms with Gasteiger partial charge >= 0.3 is 0 Å². The van der Waals surface area contributed by atoms with Crippen LogP contribution in [-0.2, 0) is 13.1 Å². The lowest BCUT2D eigenvalue weighted by atomic mass is 10.2. The number of fused-ring (bicyclic) bond motifs is 1. The minimum atomic E-state index is -0.440. The van der Waals surface area contributed by atoms with Gasteiger partial charge in [-0.05, 0) is 26.0 Å². The Kier molecular flexibility index (Phi) is 4.39. The predicted molar refractivity (Wildman–Crippen MR) is 95.3 cm³/mol. The van der Waals surface area contributed by atoms with Gasteiger partial charge < -0.3 is 19.8 Å². The fourth-order valence-corrected chi connectivity index (χ4v) is 3.19. The summed E-state index contributed by atoms with van der Waals surface area (Å²) in [5, 5.41) is 5.50. The first kappa shape index (κ1) is 16.9. The van der Waals surface area contributed by atoms with Crippen LogP contribution in [0.3, 0.4) is 0 Å². The molecule has 0 radical (unpaired) electrons. The number of hydrogen-bond donors (Lipinski definition) is 1. The third-order valence-corrected chi connectivity index (χ3v) is 4.46. The molecule has 0 spiro atoms. The van der Waals surface area contributed by atoms with Crippen LogP contribution in [0.2, 0.25) is 0 Å². The maximum Gasteiger partial charge on any atom is 0.252 e. The number of aromatic nitrogens is 3. The highest BCUT2D eigenvalue weighted by Gasteiger charge is 2.16. The van der Waals surface area contributed by atoms with Crippen molar-refractivity contribution in [3.63, 3.8) is 0 Å². The Morgan fingerprint density at radius 3 is 2.44 bits per heavy atom. The molecule has 0 saturated heterocycles. The number of hydrogen-bond acceptors (Lipinski definition) is 4. The molecule has 1 aromatic carbocycles. The third kappa shape index (κ3) is 2.93. The highest BCUT2D eigenvalue weighted by molar-refractivity contribution is 5.95. The monoisotopic (exact) mass is 342 g/mol. The van der Waals surface area contributed by atoms with Crippen molar-refractivity contribution < 1.29 is 14.3 Å². The van der Waals surface area contributed by atoms with Gasteiger partial charge in [0.15, 0.2) is 11.5 Å². The summed E-state index contributed by atoms with van der Waals surface area (Å²) in [5.74, 6) is 0.957. The molecule has 0 fully saturated rings. The quantitative estimate of drug-likeness (QED) is 0.745. The second-order valence-electron chi connectivity index (χ2n) is 5.91. The summed E-state index contributed by atoms with van der Waals surface area (Å²) in [7, 11) is 3.25. The van der Waals surface area contributed by atoms with Crippen LogP contribution in [0.15, 0.2) is 24.4 Å². The average Bonchev–Trinajstić information content (AvgIpc) is 3.11. The van der Waals surface area contributed by atoms with Gasteiger partial charge in [0.05, 0.1) is 37.5 Å². The maximum absolute atomic E-state index is 11.5. The number of benzene rings is 1. The SMILES string of the molecule is COc1cc2ccn(CCn3nc(C)c(C(N)=O)c3C)c2cc1OC. The first-order valence-electron chi connectivity index (χ1n) is 8.01. The van der Waals surface area contributed by atoms with E-state index in [1.54, 1.807) is 21.1 Å². The van der Waals surface area contributed by atoms with E-state index in [0.717, 1.165) is 16.6 Å². The van der Waals surface area contributed by atoms with E-state index >= 15 is 0 Å². The van der Waals surface area contributed by atoms with Gasteiger partial charge in [0.25, 0.3) is 5.91 Å². The number of rotatable bonds is 6. The zero-order chi connectivity index (χ0) is 18.1. The van der Waals surface area contributed by atoms with Crippen LogP contribution in [0.25, 0.3) is 10.9 Å². The van der Waals surface area contributed by atoms with Crippen molar-refractivity contribution in [2.24, 2.45) is 5.73 Å². The molecule has 0 unspecified atom stereocenters. The summed E-state index contributed by atoms with van der Waals surface area (Å²) < 4.78 is 14.7.